The van der Waals surface area contributed by atoms with E-state index in [0.717, 1.165) is 31.2 Å². The zero-order valence-corrected chi connectivity index (χ0v) is 21.1. The third-order valence-corrected chi connectivity index (χ3v) is 7.78. The minimum absolute atomic E-state index is 0.00673. The van der Waals surface area contributed by atoms with Gasteiger partial charge in [-0.25, -0.2) is 18.7 Å². The van der Waals surface area contributed by atoms with Gasteiger partial charge in [-0.3, -0.25) is 0 Å². The Balaban J connectivity index is 1.38. The molecule has 1 unspecified atom stereocenters. The number of ether oxygens (including phenoxy) is 1. The molecule has 1 aliphatic heterocycles. The molecule has 5 rings (SSSR count). The number of hydrogen-bond donors (Lipinski definition) is 1. The lowest BCUT2D eigenvalue weighted by atomic mass is 9.76. The molecule has 1 aliphatic carbocycles. The number of benzene rings is 1. The molecule has 1 fully saturated rings. The maximum absolute atomic E-state index is 14.9. The highest BCUT2D eigenvalue weighted by Gasteiger charge is 2.48. The van der Waals surface area contributed by atoms with Crippen molar-refractivity contribution in [2.45, 2.75) is 76.2 Å². The Hall–Kier alpha value is -3.80. The number of carbonyl (C=O) groups is 1. The first-order valence-electron chi connectivity index (χ1n) is 12.7. The molecule has 37 heavy (non-hydrogen) atoms. The molecule has 0 saturated heterocycles. The van der Waals surface area contributed by atoms with E-state index in [1.165, 1.54) is 10.6 Å². The fraction of sp³-hybridized carbons (Fsp3) is 0.464. The van der Waals surface area contributed by atoms with E-state index >= 15 is 0 Å². The SMILES string of the molecule is CC(C)(C#N)c1ccc(CCC2(C3CCCC3)CC(O)=C(Cc3nc4ncccn4n3)C(=O)O2)cc1F. The van der Waals surface area contributed by atoms with Gasteiger partial charge in [0.2, 0.25) is 0 Å². The fourth-order valence-electron chi connectivity index (χ4n) is 5.63. The lowest BCUT2D eigenvalue weighted by Crippen LogP contribution is -2.46. The monoisotopic (exact) mass is 503 g/mol. The highest BCUT2D eigenvalue weighted by molar-refractivity contribution is 5.90. The Morgan fingerprint density at radius 1 is 1.32 bits per heavy atom. The second-order valence-electron chi connectivity index (χ2n) is 10.7. The molecule has 9 heteroatoms. The maximum atomic E-state index is 14.9. The van der Waals surface area contributed by atoms with Gasteiger partial charge in [-0.15, -0.1) is 5.10 Å². The van der Waals surface area contributed by atoms with Crippen molar-refractivity contribution < 1.29 is 19.0 Å². The predicted octanol–water partition coefficient (Wildman–Crippen LogP) is 4.93. The van der Waals surface area contributed by atoms with Crippen molar-refractivity contribution >= 4 is 11.7 Å². The maximum Gasteiger partial charge on any atom is 0.338 e. The summed E-state index contributed by atoms with van der Waals surface area (Å²) in [6.07, 6.45) is 8.47. The minimum Gasteiger partial charge on any atom is -0.512 e. The van der Waals surface area contributed by atoms with Crippen molar-refractivity contribution in [2.75, 3.05) is 0 Å². The van der Waals surface area contributed by atoms with Crippen molar-refractivity contribution in [3.05, 3.63) is 70.8 Å². The average Bonchev–Trinajstić information content (AvgIpc) is 3.55. The van der Waals surface area contributed by atoms with Gasteiger partial charge in [0.1, 0.15) is 17.2 Å². The number of aromatic nitrogens is 4. The molecule has 3 heterocycles. The number of rotatable bonds is 7. The van der Waals surface area contributed by atoms with E-state index in [1.54, 1.807) is 38.4 Å². The van der Waals surface area contributed by atoms with Gasteiger partial charge in [0.15, 0.2) is 5.82 Å². The summed E-state index contributed by atoms with van der Waals surface area (Å²) < 4.78 is 22.5. The highest BCUT2D eigenvalue weighted by atomic mass is 19.1. The lowest BCUT2D eigenvalue weighted by Gasteiger charge is -2.41. The van der Waals surface area contributed by atoms with E-state index in [0.29, 0.717) is 30.0 Å². The molecule has 192 valence electrons. The van der Waals surface area contributed by atoms with Gasteiger partial charge < -0.3 is 9.84 Å². The topological polar surface area (TPSA) is 113 Å². The van der Waals surface area contributed by atoms with Crippen LogP contribution < -0.4 is 0 Å². The van der Waals surface area contributed by atoms with Gasteiger partial charge >= 0.3 is 5.97 Å². The van der Waals surface area contributed by atoms with Crippen LogP contribution in [0.3, 0.4) is 0 Å². The molecule has 1 atom stereocenters. The lowest BCUT2D eigenvalue weighted by molar-refractivity contribution is -0.167. The first kappa shape index (κ1) is 24.9. The number of halogens is 1. The van der Waals surface area contributed by atoms with Crippen molar-refractivity contribution in [3.63, 3.8) is 0 Å². The van der Waals surface area contributed by atoms with Crippen LogP contribution in [0.4, 0.5) is 4.39 Å². The summed E-state index contributed by atoms with van der Waals surface area (Å²) in [6.45, 7) is 3.37. The number of hydrogen-bond acceptors (Lipinski definition) is 7. The molecule has 1 N–H and O–H groups in total. The number of aliphatic hydroxyl groups excluding tert-OH is 1. The first-order chi connectivity index (χ1) is 17.7. The largest absolute Gasteiger partial charge is 0.512 e. The standard InChI is InChI=1S/C28H30FN5O3/c1-27(2,17-30)21-9-8-18(14-22(21)29)10-11-28(19-6-3-4-7-19)16-23(35)20(25(36)37-28)15-24-32-26-31-12-5-13-34(26)33-24/h5,8-9,12-14,19,35H,3-4,6-7,10-11,15-16H2,1-2H3. The van der Waals surface area contributed by atoms with Gasteiger partial charge in [-0.2, -0.15) is 10.2 Å². The molecule has 0 radical (unpaired) electrons. The zero-order chi connectivity index (χ0) is 26.2. The summed E-state index contributed by atoms with van der Waals surface area (Å²) in [5.41, 5.74) is -0.492. The number of cyclic esters (lactones) is 1. The Morgan fingerprint density at radius 3 is 2.78 bits per heavy atom. The Labute approximate surface area is 214 Å². The van der Waals surface area contributed by atoms with E-state index in [2.05, 4.69) is 21.1 Å². The van der Waals surface area contributed by atoms with E-state index in [1.807, 2.05) is 6.07 Å². The molecule has 8 nitrogen and oxygen atoms in total. The number of aliphatic hydroxyl groups is 1. The van der Waals surface area contributed by atoms with Crippen molar-refractivity contribution in [3.8, 4) is 6.07 Å². The normalized spacial score (nSPS) is 20.9. The van der Waals surface area contributed by atoms with Crippen LogP contribution in [0.2, 0.25) is 0 Å². The summed E-state index contributed by atoms with van der Waals surface area (Å²) in [7, 11) is 0. The second kappa shape index (κ2) is 9.58. The zero-order valence-electron chi connectivity index (χ0n) is 21.1. The van der Waals surface area contributed by atoms with Crippen LogP contribution in [0.5, 0.6) is 0 Å². The van der Waals surface area contributed by atoms with Gasteiger partial charge in [-0.1, -0.05) is 25.0 Å². The van der Waals surface area contributed by atoms with Crippen LogP contribution in [0, 0.1) is 23.1 Å². The number of fused-ring (bicyclic) bond motifs is 1. The molecule has 1 aromatic carbocycles. The number of nitrogens with zero attached hydrogens (tertiary/aromatic N) is 5. The number of carbonyl (C=O) groups excluding carboxylic acids is 1. The minimum atomic E-state index is -0.925. The third-order valence-electron chi connectivity index (χ3n) is 7.78. The summed E-state index contributed by atoms with van der Waals surface area (Å²) >= 11 is 0. The Kier molecular flexibility index (Phi) is 6.44. The van der Waals surface area contributed by atoms with Gasteiger partial charge in [0.05, 0.1) is 17.1 Å². The van der Waals surface area contributed by atoms with Gasteiger partial charge in [0, 0.05) is 30.8 Å². The third kappa shape index (κ3) is 4.80. The Morgan fingerprint density at radius 2 is 2.11 bits per heavy atom. The summed E-state index contributed by atoms with van der Waals surface area (Å²) in [5.74, 6) is -0.0506. The molecule has 0 bridgehead atoms. The summed E-state index contributed by atoms with van der Waals surface area (Å²) in [6, 6.07) is 8.83. The van der Waals surface area contributed by atoms with Crippen molar-refractivity contribution in [1.82, 2.24) is 19.6 Å². The molecule has 3 aromatic rings. The Bertz CT molecular complexity index is 1380. The number of aryl methyl sites for hydroxylation is 1. The van der Waals surface area contributed by atoms with Gasteiger partial charge in [-0.05, 0) is 63.1 Å². The number of esters is 1. The predicted molar refractivity (Wildman–Crippen MR) is 133 cm³/mol. The second-order valence-corrected chi connectivity index (χ2v) is 10.7. The van der Waals surface area contributed by atoms with Crippen molar-refractivity contribution in [2.24, 2.45) is 5.92 Å². The van der Waals surface area contributed by atoms with Crippen LogP contribution in [0.15, 0.2) is 48.0 Å². The molecule has 1 saturated carbocycles. The highest BCUT2D eigenvalue weighted by Crippen LogP contribution is 2.46. The van der Waals surface area contributed by atoms with E-state index in [-0.39, 0.29) is 30.1 Å². The number of nitriles is 1. The quantitative estimate of drug-likeness (QED) is 0.455. The molecule has 2 aliphatic rings. The molecule has 0 spiro atoms. The van der Waals surface area contributed by atoms with Crippen LogP contribution in [0.25, 0.3) is 5.78 Å². The summed E-state index contributed by atoms with van der Waals surface area (Å²) in [4.78, 5) is 21.7. The van der Waals surface area contributed by atoms with E-state index < -0.39 is 22.8 Å². The molecule has 0 amide bonds. The van der Waals surface area contributed by atoms with Crippen LogP contribution in [-0.2, 0) is 27.8 Å². The van der Waals surface area contributed by atoms with Crippen LogP contribution in [-0.4, -0.2) is 36.3 Å². The summed E-state index contributed by atoms with van der Waals surface area (Å²) in [5, 5.41) is 24.8. The molecular weight excluding hydrogens is 473 g/mol. The van der Waals surface area contributed by atoms with Gasteiger partial charge in [0.25, 0.3) is 5.78 Å². The van der Waals surface area contributed by atoms with Crippen molar-refractivity contribution in [1.29, 1.82) is 5.26 Å². The van der Waals surface area contributed by atoms with Crippen LogP contribution in [0.1, 0.15) is 69.3 Å². The molecular formula is C28H30FN5O3. The first-order valence-corrected chi connectivity index (χ1v) is 12.7. The fourth-order valence-corrected chi connectivity index (χ4v) is 5.63. The average molecular weight is 504 g/mol. The van der Waals surface area contributed by atoms with Crippen LogP contribution >= 0.6 is 0 Å². The van der Waals surface area contributed by atoms with E-state index in [4.69, 9.17) is 4.74 Å². The molecule has 2 aromatic heterocycles. The smallest absolute Gasteiger partial charge is 0.338 e. The van der Waals surface area contributed by atoms with E-state index in [9.17, 15) is 19.6 Å².